The summed E-state index contributed by atoms with van der Waals surface area (Å²) in [6.45, 7) is 5.41. The zero-order valence-electron chi connectivity index (χ0n) is 14.9. The lowest BCUT2D eigenvalue weighted by molar-refractivity contribution is -0.189. The second-order valence-corrected chi connectivity index (χ2v) is 6.04. The fourth-order valence-electron chi connectivity index (χ4n) is 2.67. The molecule has 9 nitrogen and oxygen atoms in total. The summed E-state index contributed by atoms with van der Waals surface area (Å²) in [5.41, 5.74) is 0. The lowest BCUT2D eigenvalue weighted by Crippen LogP contribution is -2.55. The van der Waals surface area contributed by atoms with E-state index in [9.17, 15) is 24.9 Å². The Labute approximate surface area is 147 Å². The maximum Gasteiger partial charge on any atom is 0.323 e. The maximum atomic E-state index is 12.0. The first-order chi connectivity index (χ1) is 11.8. The average Bonchev–Trinajstić information content (AvgIpc) is 2.55. The summed E-state index contributed by atoms with van der Waals surface area (Å²) >= 11 is 0. The molecule has 0 saturated carbocycles. The summed E-state index contributed by atoms with van der Waals surface area (Å²) in [7, 11) is 0. The summed E-state index contributed by atoms with van der Waals surface area (Å²) in [5, 5.41) is 32.1. The third-order valence-corrected chi connectivity index (χ3v) is 3.92. The van der Waals surface area contributed by atoms with Crippen LogP contribution in [0.1, 0.15) is 33.6 Å². The van der Waals surface area contributed by atoms with Crippen LogP contribution < -0.4 is 5.32 Å². The fraction of sp³-hybridized carbons (Fsp3) is 0.875. The number of aliphatic hydroxyl groups excluding tert-OH is 3. The molecule has 1 heterocycles. The van der Waals surface area contributed by atoms with E-state index in [1.165, 1.54) is 0 Å². The Balaban J connectivity index is 2.62. The molecule has 9 heteroatoms. The molecule has 6 atom stereocenters. The van der Waals surface area contributed by atoms with Crippen LogP contribution in [0.5, 0.6) is 0 Å². The molecule has 0 spiro atoms. The van der Waals surface area contributed by atoms with Gasteiger partial charge in [-0.15, -0.1) is 0 Å². The van der Waals surface area contributed by atoms with Crippen molar-refractivity contribution in [3.8, 4) is 0 Å². The Morgan fingerprint density at radius 2 is 1.80 bits per heavy atom. The molecular formula is C16H29NO8. The molecule has 3 unspecified atom stereocenters. The van der Waals surface area contributed by atoms with Crippen LogP contribution in [-0.2, 0) is 23.8 Å². The molecule has 1 aliphatic heterocycles. The van der Waals surface area contributed by atoms with Crippen molar-refractivity contribution >= 4 is 11.9 Å². The first kappa shape index (κ1) is 21.8. The molecule has 1 fully saturated rings. The highest BCUT2D eigenvalue weighted by atomic mass is 16.5. The van der Waals surface area contributed by atoms with Gasteiger partial charge in [-0.2, -0.15) is 0 Å². The van der Waals surface area contributed by atoms with E-state index in [-0.39, 0.29) is 38.7 Å². The Bertz CT molecular complexity index is 432. The van der Waals surface area contributed by atoms with Gasteiger partial charge in [-0.25, -0.2) is 0 Å². The van der Waals surface area contributed by atoms with Crippen molar-refractivity contribution in [3.63, 3.8) is 0 Å². The van der Waals surface area contributed by atoms with E-state index in [4.69, 9.17) is 14.2 Å². The van der Waals surface area contributed by atoms with Crippen LogP contribution in [0.25, 0.3) is 0 Å². The Morgan fingerprint density at radius 1 is 1.16 bits per heavy atom. The molecule has 0 aliphatic carbocycles. The lowest BCUT2D eigenvalue weighted by Gasteiger charge is -2.36. The Morgan fingerprint density at radius 3 is 2.40 bits per heavy atom. The van der Waals surface area contributed by atoms with Crippen molar-refractivity contribution in [1.29, 1.82) is 0 Å². The van der Waals surface area contributed by atoms with Crippen molar-refractivity contribution < 1.29 is 39.1 Å². The molecule has 25 heavy (non-hydrogen) atoms. The van der Waals surface area contributed by atoms with Crippen LogP contribution in [0, 0.1) is 0 Å². The monoisotopic (exact) mass is 363 g/mol. The number of aliphatic hydroxyl groups is 3. The van der Waals surface area contributed by atoms with E-state index in [0.717, 1.165) is 0 Å². The zero-order valence-corrected chi connectivity index (χ0v) is 14.9. The molecule has 0 aromatic rings. The second kappa shape index (κ2) is 10.7. The molecule has 0 amide bonds. The lowest BCUT2D eigenvalue weighted by atomic mass is 9.95. The number of rotatable bonds is 9. The standard InChI is InChI=1S/C16H29NO8/c1-4-23-13(19)7-10(16(22)24-5-2)17-9(3)6-12-15(21)14(20)11(18)8-25-12/h9-12,14-15,17-18,20-21H,4-8H2,1-3H3/t9?,10?,11-,12?,14+,15+/m1/s1. The normalized spacial score (nSPS) is 28.9. The van der Waals surface area contributed by atoms with Crippen LogP contribution in [0.4, 0.5) is 0 Å². The summed E-state index contributed by atoms with van der Waals surface area (Å²) < 4.78 is 15.2. The molecule has 0 bridgehead atoms. The number of ether oxygens (including phenoxy) is 3. The average molecular weight is 363 g/mol. The second-order valence-electron chi connectivity index (χ2n) is 6.04. The highest BCUT2D eigenvalue weighted by Gasteiger charge is 2.38. The molecule has 1 saturated heterocycles. The predicted octanol–water partition coefficient (Wildman–Crippen LogP) is -1.28. The smallest absolute Gasteiger partial charge is 0.323 e. The molecule has 146 valence electrons. The Kier molecular flexibility index (Phi) is 9.30. The summed E-state index contributed by atoms with van der Waals surface area (Å²) in [6.07, 6.45) is -4.27. The number of carbonyl (C=O) groups excluding carboxylic acids is 2. The topological polar surface area (TPSA) is 135 Å². The van der Waals surface area contributed by atoms with Gasteiger partial charge in [0.05, 0.1) is 32.3 Å². The summed E-state index contributed by atoms with van der Waals surface area (Å²) in [4.78, 5) is 23.7. The molecule has 1 aliphatic rings. The summed E-state index contributed by atoms with van der Waals surface area (Å²) in [5.74, 6) is -1.09. The van der Waals surface area contributed by atoms with E-state index in [0.29, 0.717) is 0 Å². The minimum Gasteiger partial charge on any atom is -0.466 e. The van der Waals surface area contributed by atoms with Crippen LogP contribution in [-0.4, -0.2) is 83.6 Å². The third kappa shape index (κ3) is 6.87. The van der Waals surface area contributed by atoms with Crippen molar-refractivity contribution in [1.82, 2.24) is 5.32 Å². The first-order valence-corrected chi connectivity index (χ1v) is 8.54. The molecule has 0 aromatic heterocycles. The van der Waals surface area contributed by atoms with E-state index in [1.54, 1.807) is 20.8 Å². The molecule has 1 rings (SSSR count). The minimum absolute atomic E-state index is 0.0836. The van der Waals surface area contributed by atoms with Gasteiger partial charge in [0.2, 0.25) is 0 Å². The van der Waals surface area contributed by atoms with E-state index in [2.05, 4.69) is 5.32 Å². The summed E-state index contributed by atoms with van der Waals surface area (Å²) in [6, 6.07) is -1.21. The van der Waals surface area contributed by atoms with Gasteiger partial charge >= 0.3 is 11.9 Å². The van der Waals surface area contributed by atoms with Gasteiger partial charge in [0, 0.05) is 6.04 Å². The number of hydrogen-bond acceptors (Lipinski definition) is 9. The van der Waals surface area contributed by atoms with Gasteiger partial charge in [0.25, 0.3) is 0 Å². The van der Waals surface area contributed by atoms with E-state index in [1.807, 2.05) is 0 Å². The largest absolute Gasteiger partial charge is 0.466 e. The van der Waals surface area contributed by atoms with Gasteiger partial charge in [-0.1, -0.05) is 0 Å². The number of carbonyl (C=O) groups is 2. The minimum atomic E-state index is -1.29. The van der Waals surface area contributed by atoms with E-state index >= 15 is 0 Å². The molecular weight excluding hydrogens is 334 g/mol. The van der Waals surface area contributed by atoms with Crippen LogP contribution in [0.3, 0.4) is 0 Å². The van der Waals surface area contributed by atoms with Gasteiger partial charge in [0.15, 0.2) is 0 Å². The quantitative estimate of drug-likeness (QED) is 0.369. The van der Waals surface area contributed by atoms with Gasteiger partial charge in [-0.3, -0.25) is 9.59 Å². The third-order valence-electron chi connectivity index (χ3n) is 3.92. The Hall–Kier alpha value is -1.26. The van der Waals surface area contributed by atoms with Gasteiger partial charge < -0.3 is 34.8 Å². The van der Waals surface area contributed by atoms with E-state index < -0.39 is 42.4 Å². The van der Waals surface area contributed by atoms with Crippen molar-refractivity contribution in [3.05, 3.63) is 0 Å². The number of hydrogen-bond donors (Lipinski definition) is 4. The highest BCUT2D eigenvalue weighted by molar-refractivity contribution is 5.82. The number of esters is 2. The zero-order chi connectivity index (χ0) is 19.0. The van der Waals surface area contributed by atoms with Crippen molar-refractivity contribution in [2.24, 2.45) is 0 Å². The highest BCUT2D eigenvalue weighted by Crippen LogP contribution is 2.19. The first-order valence-electron chi connectivity index (χ1n) is 8.54. The molecule has 0 aromatic carbocycles. The van der Waals surface area contributed by atoms with Crippen molar-refractivity contribution in [2.75, 3.05) is 19.8 Å². The van der Waals surface area contributed by atoms with Gasteiger partial charge in [0.1, 0.15) is 24.4 Å². The van der Waals surface area contributed by atoms with Crippen LogP contribution in [0.2, 0.25) is 0 Å². The van der Waals surface area contributed by atoms with Crippen LogP contribution >= 0.6 is 0 Å². The number of nitrogens with one attached hydrogen (secondary N) is 1. The van der Waals surface area contributed by atoms with Crippen LogP contribution in [0.15, 0.2) is 0 Å². The molecule has 4 N–H and O–H groups in total. The molecule has 0 radical (unpaired) electrons. The predicted molar refractivity (Wildman–Crippen MR) is 86.6 cm³/mol. The SMILES string of the molecule is CCOC(=O)CC(NC(C)CC1OC[C@@H](O)[C@H](O)[C@H]1O)C(=O)OCC. The van der Waals surface area contributed by atoms with Crippen molar-refractivity contribution in [2.45, 2.75) is 70.1 Å². The van der Waals surface area contributed by atoms with Gasteiger partial charge in [-0.05, 0) is 27.2 Å². The fourth-order valence-corrected chi connectivity index (χ4v) is 2.67. The maximum absolute atomic E-state index is 12.0.